The van der Waals surface area contributed by atoms with Crippen LogP contribution in [0, 0.1) is 5.92 Å². The average Bonchev–Trinajstić information content (AvgIpc) is 2.62. The Kier molecular flexibility index (Phi) is 2.47. The molecule has 14 heavy (non-hydrogen) atoms. The minimum atomic E-state index is -4.48. The molecule has 2 heterocycles. The van der Waals surface area contributed by atoms with Crippen molar-refractivity contribution in [1.82, 2.24) is 0 Å². The van der Waals surface area contributed by atoms with Gasteiger partial charge in [0.25, 0.3) is 0 Å². The van der Waals surface area contributed by atoms with Crippen molar-refractivity contribution in [3.63, 3.8) is 0 Å². The van der Waals surface area contributed by atoms with Crippen LogP contribution in [0.5, 0.6) is 0 Å². The molecule has 2 bridgehead atoms. The minimum Gasteiger partial charge on any atom is -0.384 e. The predicted molar refractivity (Wildman–Crippen MR) is 42.7 cm³/mol. The Morgan fingerprint density at radius 2 is 2.07 bits per heavy atom. The van der Waals surface area contributed by atoms with Gasteiger partial charge in [-0.1, -0.05) is 0 Å². The first kappa shape index (κ1) is 10.2. The number of fused-ring (bicyclic) bond motifs is 2. The van der Waals surface area contributed by atoms with Gasteiger partial charge in [0, 0.05) is 0 Å². The van der Waals surface area contributed by atoms with E-state index in [4.69, 9.17) is 9.84 Å². The number of halogens is 3. The molecule has 5 heteroatoms. The lowest BCUT2D eigenvalue weighted by atomic mass is 9.85. The summed E-state index contributed by atoms with van der Waals surface area (Å²) in [6.07, 6.45) is -4.29. The van der Waals surface area contributed by atoms with Gasteiger partial charge in [0.2, 0.25) is 0 Å². The van der Waals surface area contributed by atoms with E-state index >= 15 is 0 Å². The first-order valence-corrected chi connectivity index (χ1v) is 4.87. The van der Waals surface area contributed by atoms with Crippen molar-refractivity contribution >= 4 is 0 Å². The van der Waals surface area contributed by atoms with Crippen LogP contribution in [0.3, 0.4) is 0 Å². The molecule has 0 aromatic rings. The molecule has 4 unspecified atom stereocenters. The molecule has 4 atom stereocenters. The molecule has 1 N–H and O–H groups in total. The smallest absolute Gasteiger partial charge is 0.384 e. The van der Waals surface area contributed by atoms with Crippen molar-refractivity contribution in [1.29, 1.82) is 0 Å². The van der Waals surface area contributed by atoms with Gasteiger partial charge in [0.15, 0.2) is 0 Å². The summed E-state index contributed by atoms with van der Waals surface area (Å²) in [7, 11) is 0. The van der Waals surface area contributed by atoms with E-state index in [0.29, 0.717) is 6.42 Å². The average molecular weight is 210 g/mol. The Hall–Kier alpha value is -0.290. The highest BCUT2D eigenvalue weighted by atomic mass is 19.4. The van der Waals surface area contributed by atoms with Crippen LogP contribution in [0.4, 0.5) is 13.2 Å². The van der Waals surface area contributed by atoms with Crippen molar-refractivity contribution in [3.05, 3.63) is 0 Å². The van der Waals surface area contributed by atoms with E-state index in [2.05, 4.69) is 0 Å². The van der Waals surface area contributed by atoms with E-state index in [1.807, 2.05) is 0 Å². The molecule has 0 aromatic heterocycles. The van der Waals surface area contributed by atoms with Gasteiger partial charge in [0.05, 0.1) is 12.2 Å². The quantitative estimate of drug-likeness (QED) is 0.753. The maximum atomic E-state index is 12.1. The zero-order valence-corrected chi connectivity index (χ0v) is 7.63. The normalized spacial score (nSPS) is 39.0. The monoisotopic (exact) mass is 210 g/mol. The molecule has 2 fully saturated rings. The van der Waals surface area contributed by atoms with Crippen molar-refractivity contribution in [2.45, 2.75) is 50.2 Å². The van der Waals surface area contributed by atoms with E-state index in [1.165, 1.54) is 0 Å². The molecule has 0 amide bonds. The summed E-state index contributed by atoms with van der Waals surface area (Å²) in [5.74, 6) is -0.106. The Morgan fingerprint density at radius 1 is 1.36 bits per heavy atom. The Bertz CT molecular complexity index is 217. The molecular weight excluding hydrogens is 197 g/mol. The number of hydrogen-bond acceptors (Lipinski definition) is 2. The molecule has 0 radical (unpaired) electrons. The van der Waals surface area contributed by atoms with E-state index in [-0.39, 0.29) is 24.5 Å². The fourth-order valence-electron chi connectivity index (χ4n) is 2.41. The molecule has 0 saturated carbocycles. The van der Waals surface area contributed by atoms with Crippen molar-refractivity contribution < 1.29 is 23.0 Å². The lowest BCUT2D eigenvalue weighted by Gasteiger charge is -2.22. The molecule has 0 aromatic carbocycles. The van der Waals surface area contributed by atoms with Crippen LogP contribution in [-0.4, -0.2) is 29.6 Å². The highest BCUT2D eigenvalue weighted by molar-refractivity contribution is 4.91. The zero-order chi connectivity index (χ0) is 10.3. The van der Waals surface area contributed by atoms with E-state index in [9.17, 15) is 13.2 Å². The SMILES string of the molecule is OC(CC1CC2CCC1O2)C(F)(F)F. The van der Waals surface area contributed by atoms with Crippen molar-refractivity contribution in [2.75, 3.05) is 0 Å². The molecule has 2 rings (SSSR count). The first-order valence-electron chi connectivity index (χ1n) is 4.87. The van der Waals surface area contributed by atoms with Gasteiger partial charge < -0.3 is 9.84 Å². The number of ether oxygens (including phenoxy) is 1. The summed E-state index contributed by atoms with van der Waals surface area (Å²) in [5, 5.41) is 8.89. The van der Waals surface area contributed by atoms with Crippen LogP contribution >= 0.6 is 0 Å². The molecule has 0 spiro atoms. The number of rotatable bonds is 2. The molecule has 2 aliphatic heterocycles. The van der Waals surface area contributed by atoms with Gasteiger partial charge >= 0.3 is 6.18 Å². The predicted octanol–water partition coefficient (Wildman–Crippen LogP) is 1.87. The molecule has 2 saturated heterocycles. The summed E-state index contributed by atoms with van der Waals surface area (Å²) >= 11 is 0. The third-order valence-corrected chi connectivity index (χ3v) is 3.14. The van der Waals surface area contributed by atoms with Gasteiger partial charge in [-0.15, -0.1) is 0 Å². The Balaban J connectivity index is 1.87. The van der Waals surface area contributed by atoms with Gasteiger partial charge in [-0.25, -0.2) is 0 Å². The maximum absolute atomic E-state index is 12.1. The molecular formula is C9H13F3O2. The van der Waals surface area contributed by atoms with Gasteiger partial charge in [-0.2, -0.15) is 13.2 Å². The first-order chi connectivity index (χ1) is 6.47. The summed E-state index contributed by atoms with van der Waals surface area (Å²) in [4.78, 5) is 0. The molecule has 2 aliphatic rings. The summed E-state index contributed by atoms with van der Waals surface area (Å²) in [6, 6.07) is 0. The number of alkyl halides is 3. The van der Waals surface area contributed by atoms with Crippen LogP contribution in [0.15, 0.2) is 0 Å². The molecule has 0 aliphatic carbocycles. The second kappa shape index (κ2) is 3.38. The van der Waals surface area contributed by atoms with Gasteiger partial charge in [-0.3, -0.25) is 0 Å². The number of hydrogen-bond donors (Lipinski definition) is 1. The fourth-order valence-corrected chi connectivity index (χ4v) is 2.41. The number of aliphatic hydroxyl groups is 1. The summed E-state index contributed by atoms with van der Waals surface area (Å²) in [5.41, 5.74) is 0. The summed E-state index contributed by atoms with van der Waals surface area (Å²) < 4.78 is 41.6. The summed E-state index contributed by atoms with van der Waals surface area (Å²) in [6.45, 7) is 0. The van der Waals surface area contributed by atoms with Crippen LogP contribution in [0.1, 0.15) is 25.7 Å². The lowest BCUT2D eigenvalue weighted by molar-refractivity contribution is -0.209. The van der Waals surface area contributed by atoms with Crippen molar-refractivity contribution in [2.24, 2.45) is 5.92 Å². The fraction of sp³-hybridized carbons (Fsp3) is 1.00. The standard InChI is InChI=1S/C9H13F3O2/c10-9(11,12)8(13)4-5-3-6-1-2-7(5)14-6/h5-8,13H,1-4H2. The second-order valence-corrected chi connectivity index (χ2v) is 4.16. The lowest BCUT2D eigenvalue weighted by Crippen LogP contribution is -2.33. The topological polar surface area (TPSA) is 29.5 Å². The van der Waals surface area contributed by atoms with Gasteiger partial charge in [-0.05, 0) is 31.6 Å². The van der Waals surface area contributed by atoms with Crippen LogP contribution in [-0.2, 0) is 4.74 Å². The molecule has 82 valence electrons. The van der Waals surface area contributed by atoms with Crippen molar-refractivity contribution in [3.8, 4) is 0 Å². The van der Waals surface area contributed by atoms with E-state index in [0.717, 1.165) is 12.8 Å². The maximum Gasteiger partial charge on any atom is 0.414 e. The van der Waals surface area contributed by atoms with E-state index < -0.39 is 12.3 Å². The van der Waals surface area contributed by atoms with Crippen LogP contribution in [0.25, 0.3) is 0 Å². The Morgan fingerprint density at radius 3 is 2.50 bits per heavy atom. The zero-order valence-electron chi connectivity index (χ0n) is 7.63. The Labute approximate surface area is 80.1 Å². The number of aliphatic hydroxyl groups excluding tert-OH is 1. The highest BCUT2D eigenvalue weighted by Crippen LogP contribution is 2.42. The third-order valence-electron chi connectivity index (χ3n) is 3.14. The third kappa shape index (κ3) is 1.88. The van der Waals surface area contributed by atoms with E-state index in [1.54, 1.807) is 0 Å². The highest BCUT2D eigenvalue weighted by Gasteiger charge is 2.46. The van der Waals surface area contributed by atoms with Crippen LogP contribution in [0.2, 0.25) is 0 Å². The van der Waals surface area contributed by atoms with Crippen LogP contribution < -0.4 is 0 Å². The van der Waals surface area contributed by atoms with Gasteiger partial charge in [0.1, 0.15) is 6.10 Å². The molecule has 2 nitrogen and oxygen atoms in total. The second-order valence-electron chi connectivity index (χ2n) is 4.16. The minimum absolute atomic E-state index is 0.0444. The largest absolute Gasteiger partial charge is 0.414 e.